The number of furan rings is 1. The normalized spacial score (nSPS) is 10.2. The Bertz CT molecular complexity index is 666. The number of rotatable bonds is 5. The van der Waals surface area contributed by atoms with E-state index in [0.29, 0.717) is 10.2 Å². The fraction of sp³-hybridized carbons (Fsp3) is 0.0833. The second-order valence-electron chi connectivity index (χ2n) is 3.77. The Labute approximate surface area is 121 Å². The first kappa shape index (κ1) is 14.1. The highest BCUT2D eigenvalue weighted by Gasteiger charge is 2.12. The molecule has 1 heterocycles. The summed E-state index contributed by atoms with van der Waals surface area (Å²) in [6, 6.07) is 5.43. The van der Waals surface area contributed by atoms with Crippen molar-refractivity contribution in [2.75, 3.05) is 0 Å². The molecular weight excluding hydrogens is 334 g/mol. The molecule has 0 saturated carbocycles. The molecule has 0 fully saturated rings. The first-order valence-electron chi connectivity index (χ1n) is 5.35. The number of hydrogen-bond donors (Lipinski definition) is 1. The van der Waals surface area contributed by atoms with E-state index < -0.39 is 10.9 Å². The first-order chi connectivity index (χ1) is 9.47. The van der Waals surface area contributed by atoms with E-state index in [1.54, 1.807) is 0 Å². The average Bonchev–Trinajstić information content (AvgIpc) is 2.86. The van der Waals surface area contributed by atoms with Crippen LogP contribution in [0.15, 0.2) is 39.4 Å². The molecule has 20 heavy (non-hydrogen) atoms. The van der Waals surface area contributed by atoms with Crippen molar-refractivity contribution in [2.45, 2.75) is 6.61 Å². The highest BCUT2D eigenvalue weighted by Crippen LogP contribution is 2.30. The Morgan fingerprint density at radius 2 is 2.20 bits per heavy atom. The monoisotopic (exact) mass is 341 g/mol. The van der Waals surface area contributed by atoms with Crippen LogP contribution in [0.3, 0.4) is 0 Å². The Kier molecular flexibility index (Phi) is 4.04. The van der Waals surface area contributed by atoms with Gasteiger partial charge in [0.25, 0.3) is 5.69 Å². The molecule has 1 aromatic heterocycles. The summed E-state index contributed by atoms with van der Waals surface area (Å²) in [7, 11) is 0. The lowest BCUT2D eigenvalue weighted by Gasteiger charge is -2.06. The number of nitro benzene ring substituents is 1. The molecule has 0 saturated heterocycles. The summed E-state index contributed by atoms with van der Waals surface area (Å²) in [5.74, 6) is -0.523. The molecule has 1 aromatic carbocycles. The highest BCUT2D eigenvalue weighted by molar-refractivity contribution is 9.10. The van der Waals surface area contributed by atoms with Crippen molar-refractivity contribution in [1.29, 1.82) is 0 Å². The van der Waals surface area contributed by atoms with Gasteiger partial charge in [-0.05, 0) is 28.1 Å². The first-order valence-corrected chi connectivity index (χ1v) is 6.14. The van der Waals surface area contributed by atoms with Gasteiger partial charge in [-0.2, -0.15) is 0 Å². The Morgan fingerprint density at radius 1 is 1.45 bits per heavy atom. The van der Waals surface area contributed by atoms with Crippen molar-refractivity contribution in [2.24, 2.45) is 0 Å². The molecule has 1 N–H and O–H groups in total. The van der Waals surface area contributed by atoms with Crippen LogP contribution in [0.5, 0.6) is 5.75 Å². The number of benzene rings is 1. The molecular formula is C12H8BrNO6. The van der Waals surface area contributed by atoms with Crippen molar-refractivity contribution in [3.8, 4) is 5.75 Å². The summed E-state index contributed by atoms with van der Waals surface area (Å²) in [5, 5.41) is 19.4. The van der Waals surface area contributed by atoms with Gasteiger partial charge >= 0.3 is 5.97 Å². The predicted molar refractivity (Wildman–Crippen MR) is 70.8 cm³/mol. The van der Waals surface area contributed by atoms with Crippen LogP contribution >= 0.6 is 15.9 Å². The summed E-state index contributed by atoms with van der Waals surface area (Å²) >= 11 is 3.21. The number of nitrogens with zero attached hydrogens (tertiary/aromatic N) is 1. The largest absolute Gasteiger partial charge is 0.484 e. The number of non-ortho nitro benzene ring substituents is 1. The average molecular weight is 342 g/mol. The van der Waals surface area contributed by atoms with Gasteiger partial charge in [0.05, 0.1) is 21.0 Å². The lowest BCUT2D eigenvalue weighted by Crippen LogP contribution is -1.97. The topological polar surface area (TPSA) is 103 Å². The summed E-state index contributed by atoms with van der Waals surface area (Å²) < 4.78 is 10.9. The molecule has 0 aliphatic rings. The number of carbonyl (C=O) groups is 1. The zero-order valence-corrected chi connectivity index (χ0v) is 11.5. The second kappa shape index (κ2) is 5.74. The number of carboxylic acids is 1. The third kappa shape index (κ3) is 3.15. The van der Waals surface area contributed by atoms with E-state index in [2.05, 4.69) is 15.9 Å². The number of halogens is 1. The van der Waals surface area contributed by atoms with Gasteiger partial charge in [-0.3, -0.25) is 10.1 Å². The maximum absolute atomic E-state index is 10.7. The third-order valence-electron chi connectivity index (χ3n) is 2.40. The van der Waals surface area contributed by atoms with Crippen LogP contribution in [0.4, 0.5) is 5.69 Å². The third-order valence-corrected chi connectivity index (χ3v) is 3.05. The molecule has 2 aromatic rings. The Balaban J connectivity index is 2.11. The van der Waals surface area contributed by atoms with Crippen LogP contribution in [-0.4, -0.2) is 16.0 Å². The number of aromatic carboxylic acids is 1. The van der Waals surface area contributed by atoms with Crippen molar-refractivity contribution in [1.82, 2.24) is 0 Å². The Hall–Kier alpha value is -2.35. The minimum absolute atomic E-state index is 0.0155. The molecule has 0 radical (unpaired) electrons. The van der Waals surface area contributed by atoms with Crippen molar-refractivity contribution in [3.05, 3.63) is 56.4 Å². The fourth-order valence-electron chi connectivity index (χ4n) is 1.43. The van der Waals surface area contributed by atoms with Crippen molar-refractivity contribution >= 4 is 27.6 Å². The van der Waals surface area contributed by atoms with Crippen LogP contribution in [0, 0.1) is 10.1 Å². The minimum Gasteiger partial charge on any atom is -0.484 e. The summed E-state index contributed by atoms with van der Waals surface area (Å²) in [4.78, 5) is 20.8. The lowest BCUT2D eigenvalue weighted by atomic mass is 10.3. The molecule has 7 nitrogen and oxygen atoms in total. The molecule has 0 atom stereocenters. The Morgan fingerprint density at radius 3 is 2.80 bits per heavy atom. The summed E-state index contributed by atoms with van der Waals surface area (Å²) in [5.41, 5.74) is -0.0874. The molecule has 0 amide bonds. The molecule has 104 valence electrons. The van der Waals surface area contributed by atoms with Crippen molar-refractivity contribution < 1.29 is 24.0 Å². The van der Waals surface area contributed by atoms with Crippen LogP contribution in [0.1, 0.15) is 16.1 Å². The van der Waals surface area contributed by atoms with Gasteiger partial charge < -0.3 is 14.3 Å². The number of carboxylic acid groups (broad SMARTS) is 1. The van der Waals surface area contributed by atoms with Crippen LogP contribution in [-0.2, 0) is 6.61 Å². The number of hydrogen-bond acceptors (Lipinski definition) is 5. The molecule has 2 rings (SSSR count). The highest BCUT2D eigenvalue weighted by atomic mass is 79.9. The van der Waals surface area contributed by atoms with Crippen LogP contribution < -0.4 is 4.74 Å². The van der Waals surface area contributed by atoms with Crippen LogP contribution in [0.2, 0.25) is 0 Å². The van der Waals surface area contributed by atoms with E-state index in [0.717, 1.165) is 6.26 Å². The van der Waals surface area contributed by atoms with Crippen molar-refractivity contribution in [3.63, 3.8) is 0 Å². The molecule has 0 aliphatic heterocycles. The molecule has 0 spiro atoms. The zero-order valence-electron chi connectivity index (χ0n) is 9.91. The standard InChI is InChI=1S/C12H8BrNO6/c13-10-2-1-8(14(17)18)4-11(10)20-6-9-3-7(5-19-9)12(15)16/h1-5H,6H2,(H,15,16). The molecule has 8 heteroatoms. The van der Waals surface area contributed by atoms with E-state index in [4.69, 9.17) is 14.3 Å². The number of ether oxygens (including phenoxy) is 1. The minimum atomic E-state index is -1.10. The van der Waals surface area contributed by atoms with Gasteiger partial charge in [0.1, 0.15) is 24.4 Å². The zero-order chi connectivity index (χ0) is 14.7. The van der Waals surface area contributed by atoms with E-state index in [-0.39, 0.29) is 23.6 Å². The maximum Gasteiger partial charge on any atom is 0.338 e. The SMILES string of the molecule is O=C(O)c1coc(COc2cc([N+](=O)[O-])ccc2Br)c1. The summed E-state index contributed by atoms with van der Waals surface area (Å²) in [6.45, 7) is -0.0347. The van der Waals surface area contributed by atoms with Gasteiger partial charge in [0, 0.05) is 6.07 Å². The molecule has 0 bridgehead atoms. The van der Waals surface area contributed by atoms with Crippen LogP contribution in [0.25, 0.3) is 0 Å². The van der Waals surface area contributed by atoms with E-state index in [1.165, 1.54) is 24.3 Å². The maximum atomic E-state index is 10.7. The van der Waals surface area contributed by atoms with Gasteiger partial charge in [-0.25, -0.2) is 4.79 Å². The second-order valence-corrected chi connectivity index (χ2v) is 4.62. The van der Waals surface area contributed by atoms with E-state index >= 15 is 0 Å². The quantitative estimate of drug-likeness (QED) is 0.661. The van der Waals surface area contributed by atoms with E-state index in [9.17, 15) is 14.9 Å². The van der Waals surface area contributed by atoms with Gasteiger partial charge in [0.2, 0.25) is 0 Å². The van der Waals surface area contributed by atoms with Gasteiger partial charge in [-0.15, -0.1) is 0 Å². The lowest BCUT2D eigenvalue weighted by molar-refractivity contribution is -0.385. The predicted octanol–water partition coefficient (Wildman–Crippen LogP) is 3.23. The smallest absolute Gasteiger partial charge is 0.338 e. The van der Waals surface area contributed by atoms with E-state index in [1.807, 2.05) is 0 Å². The number of nitro groups is 1. The van der Waals surface area contributed by atoms with Gasteiger partial charge in [-0.1, -0.05) is 0 Å². The summed E-state index contributed by atoms with van der Waals surface area (Å²) in [6.07, 6.45) is 1.10. The molecule has 0 unspecified atom stereocenters. The van der Waals surface area contributed by atoms with Gasteiger partial charge in [0.15, 0.2) is 0 Å². The molecule has 0 aliphatic carbocycles. The fourth-order valence-corrected chi connectivity index (χ4v) is 1.79.